The maximum Gasteiger partial charge on any atom is 0.338 e. The van der Waals surface area contributed by atoms with Crippen molar-refractivity contribution in [2.45, 2.75) is 13.0 Å². The Morgan fingerprint density at radius 3 is 2.61 bits per heavy atom. The molecule has 3 heterocycles. The van der Waals surface area contributed by atoms with Crippen molar-refractivity contribution in [3.8, 4) is 5.75 Å². The molecule has 0 spiro atoms. The minimum Gasteiger partial charge on any atom is -0.497 e. The maximum absolute atomic E-state index is 13.0. The first kappa shape index (κ1) is 22.5. The average Bonchev–Trinajstić information content (AvgIpc) is 2.85. The summed E-state index contributed by atoms with van der Waals surface area (Å²) in [6.07, 6.45) is 3.46. The molecule has 1 atom stereocenters. The Bertz CT molecular complexity index is 1020. The van der Waals surface area contributed by atoms with E-state index in [-0.39, 0.29) is 12.6 Å². The van der Waals surface area contributed by atoms with Crippen LogP contribution in [0.1, 0.15) is 18.5 Å². The second-order valence-corrected chi connectivity index (χ2v) is 7.73. The van der Waals surface area contributed by atoms with Crippen LogP contribution in [0.3, 0.4) is 0 Å². The fourth-order valence-corrected chi connectivity index (χ4v) is 4.05. The third-order valence-electron chi connectivity index (χ3n) is 5.67. The van der Waals surface area contributed by atoms with E-state index < -0.39 is 12.0 Å². The number of aromatic nitrogens is 2. The molecule has 1 fully saturated rings. The lowest BCUT2D eigenvalue weighted by Gasteiger charge is -2.37. The molecule has 1 aromatic carbocycles. The van der Waals surface area contributed by atoms with Crippen molar-refractivity contribution < 1.29 is 19.1 Å². The summed E-state index contributed by atoms with van der Waals surface area (Å²) in [6.45, 7) is 5.40. The van der Waals surface area contributed by atoms with Crippen molar-refractivity contribution >= 4 is 17.9 Å². The first-order chi connectivity index (χ1) is 16.1. The summed E-state index contributed by atoms with van der Waals surface area (Å²) < 4.78 is 10.7. The topological polar surface area (TPSA) is 109 Å². The lowest BCUT2D eigenvalue weighted by atomic mass is 9.94. The molecule has 33 heavy (non-hydrogen) atoms. The van der Waals surface area contributed by atoms with Crippen molar-refractivity contribution in [3.05, 3.63) is 59.6 Å². The third kappa shape index (κ3) is 5.23. The maximum atomic E-state index is 13.0. The lowest BCUT2D eigenvalue weighted by Crippen LogP contribution is -2.52. The van der Waals surface area contributed by atoms with E-state index in [1.165, 1.54) is 0 Å². The molecule has 174 valence electrons. The highest BCUT2D eigenvalue weighted by Crippen LogP contribution is 2.30. The number of esters is 1. The average molecular weight is 453 g/mol. The van der Waals surface area contributed by atoms with Gasteiger partial charge in [-0.2, -0.15) is 0 Å². The molecule has 0 saturated carbocycles. The Labute approximate surface area is 192 Å². The Morgan fingerprint density at radius 1 is 1.15 bits per heavy atom. The Balaban J connectivity index is 1.57. The van der Waals surface area contributed by atoms with E-state index in [2.05, 4.69) is 30.4 Å². The van der Waals surface area contributed by atoms with Crippen LogP contribution in [0.15, 0.2) is 54.0 Å². The zero-order valence-corrected chi connectivity index (χ0v) is 18.8. The Morgan fingerprint density at radius 2 is 1.91 bits per heavy atom. The van der Waals surface area contributed by atoms with E-state index in [0.717, 1.165) is 31.7 Å². The van der Waals surface area contributed by atoms with E-state index in [9.17, 15) is 9.59 Å². The summed E-state index contributed by atoms with van der Waals surface area (Å²) in [5, 5.41) is 5.70. The van der Waals surface area contributed by atoms with Crippen molar-refractivity contribution in [1.82, 2.24) is 25.5 Å². The van der Waals surface area contributed by atoms with Gasteiger partial charge in [-0.25, -0.2) is 19.6 Å². The number of piperazine rings is 1. The summed E-state index contributed by atoms with van der Waals surface area (Å²) in [7, 11) is 1.58. The van der Waals surface area contributed by atoms with Crippen LogP contribution in [0.25, 0.3) is 0 Å². The number of urea groups is 1. The number of methoxy groups -OCH3 is 1. The first-order valence-electron chi connectivity index (χ1n) is 10.9. The van der Waals surface area contributed by atoms with Crippen LogP contribution in [0, 0.1) is 0 Å². The van der Waals surface area contributed by atoms with E-state index in [0.29, 0.717) is 29.5 Å². The van der Waals surface area contributed by atoms with Crippen LogP contribution in [0.5, 0.6) is 5.75 Å². The number of rotatable bonds is 7. The van der Waals surface area contributed by atoms with Crippen LogP contribution in [-0.2, 0) is 9.53 Å². The molecule has 2 aromatic rings. The van der Waals surface area contributed by atoms with Crippen molar-refractivity contribution in [1.29, 1.82) is 0 Å². The number of amides is 2. The quantitative estimate of drug-likeness (QED) is 0.608. The molecule has 1 aromatic heterocycles. The zero-order valence-electron chi connectivity index (χ0n) is 18.8. The molecule has 10 nitrogen and oxygen atoms in total. The van der Waals surface area contributed by atoms with E-state index in [4.69, 9.17) is 9.47 Å². The molecule has 2 amide bonds. The van der Waals surface area contributed by atoms with Crippen LogP contribution < -0.4 is 20.3 Å². The number of ether oxygens (including phenoxy) is 2. The number of carbonyl (C=O) groups excluding carboxylic acids is 2. The molecule has 0 aliphatic carbocycles. The molecule has 2 N–H and O–H groups in total. The standard InChI is InChI=1S/C23H28N6O4/c1-3-33-21(30)19-18(15-28-10-12-29(13-11-28)22-24-8-5-9-25-22)26-23(31)27-20(19)16-6-4-7-17(14-16)32-2/h4-9,14,20H,3,10-13,15H2,1-2H3,(H2,26,27,31)/t20-/m1/s1. The third-order valence-corrected chi connectivity index (χ3v) is 5.67. The Hall–Kier alpha value is -3.66. The monoisotopic (exact) mass is 452 g/mol. The molecule has 0 bridgehead atoms. The van der Waals surface area contributed by atoms with Crippen molar-refractivity contribution in [2.75, 3.05) is 51.3 Å². The first-order valence-corrected chi connectivity index (χ1v) is 10.9. The predicted molar refractivity (Wildman–Crippen MR) is 122 cm³/mol. The predicted octanol–water partition coefficient (Wildman–Crippen LogP) is 1.48. The van der Waals surface area contributed by atoms with Crippen LogP contribution in [0.4, 0.5) is 10.7 Å². The number of hydrogen-bond acceptors (Lipinski definition) is 8. The molecule has 10 heteroatoms. The van der Waals surface area contributed by atoms with Gasteiger partial charge in [-0.3, -0.25) is 4.90 Å². The summed E-state index contributed by atoms with van der Waals surface area (Å²) in [5.41, 5.74) is 1.70. The second kappa shape index (κ2) is 10.3. The lowest BCUT2D eigenvalue weighted by molar-refractivity contribution is -0.139. The zero-order chi connectivity index (χ0) is 23.2. The van der Waals surface area contributed by atoms with E-state index in [1.54, 1.807) is 32.5 Å². The summed E-state index contributed by atoms with van der Waals surface area (Å²) in [5.74, 6) is 0.894. The fraction of sp³-hybridized carbons (Fsp3) is 0.391. The highest BCUT2D eigenvalue weighted by molar-refractivity contribution is 5.95. The SMILES string of the molecule is CCOC(=O)C1=C(CN2CCN(c3ncccn3)CC2)NC(=O)N[C@@H]1c1cccc(OC)c1. The number of carbonyl (C=O) groups is 2. The Kier molecular flexibility index (Phi) is 7.04. The smallest absolute Gasteiger partial charge is 0.338 e. The van der Waals surface area contributed by atoms with Gasteiger partial charge in [0.25, 0.3) is 0 Å². The second-order valence-electron chi connectivity index (χ2n) is 7.73. The van der Waals surface area contributed by atoms with Crippen LogP contribution in [-0.4, -0.2) is 73.3 Å². The number of nitrogens with one attached hydrogen (secondary N) is 2. The normalized spacial score (nSPS) is 19.0. The van der Waals surface area contributed by atoms with Gasteiger partial charge in [0, 0.05) is 50.8 Å². The summed E-state index contributed by atoms with van der Waals surface area (Å²) >= 11 is 0. The van der Waals surface area contributed by atoms with Gasteiger partial charge in [-0.1, -0.05) is 12.1 Å². The van der Waals surface area contributed by atoms with Gasteiger partial charge in [0.05, 0.1) is 25.3 Å². The molecule has 2 aliphatic rings. The molecule has 4 rings (SSSR count). The summed E-state index contributed by atoms with van der Waals surface area (Å²) in [4.78, 5) is 38.5. The highest BCUT2D eigenvalue weighted by Gasteiger charge is 2.35. The van der Waals surface area contributed by atoms with Crippen molar-refractivity contribution in [2.24, 2.45) is 0 Å². The number of hydrogen-bond donors (Lipinski definition) is 2. The number of nitrogens with zero attached hydrogens (tertiary/aromatic N) is 4. The van der Waals surface area contributed by atoms with E-state index >= 15 is 0 Å². The fourth-order valence-electron chi connectivity index (χ4n) is 4.05. The molecule has 2 aliphatic heterocycles. The van der Waals surface area contributed by atoms with Gasteiger partial charge in [0.1, 0.15) is 5.75 Å². The van der Waals surface area contributed by atoms with Crippen LogP contribution in [0.2, 0.25) is 0 Å². The van der Waals surface area contributed by atoms with Gasteiger partial charge >= 0.3 is 12.0 Å². The minimum atomic E-state index is -0.637. The molecule has 0 radical (unpaired) electrons. The molecule has 0 unspecified atom stereocenters. The van der Waals surface area contributed by atoms with Gasteiger partial charge < -0.3 is 25.0 Å². The largest absolute Gasteiger partial charge is 0.497 e. The van der Waals surface area contributed by atoms with Gasteiger partial charge in [-0.15, -0.1) is 0 Å². The van der Waals surface area contributed by atoms with Crippen LogP contribution >= 0.6 is 0 Å². The van der Waals surface area contributed by atoms with Gasteiger partial charge in [0.2, 0.25) is 5.95 Å². The minimum absolute atomic E-state index is 0.240. The number of anilines is 1. The highest BCUT2D eigenvalue weighted by atomic mass is 16.5. The van der Waals surface area contributed by atoms with Crippen molar-refractivity contribution in [3.63, 3.8) is 0 Å². The molecular weight excluding hydrogens is 424 g/mol. The van der Waals surface area contributed by atoms with Gasteiger partial charge in [0.15, 0.2) is 0 Å². The molecule has 1 saturated heterocycles. The van der Waals surface area contributed by atoms with Gasteiger partial charge in [-0.05, 0) is 30.7 Å². The molecular formula is C23H28N6O4. The number of benzene rings is 1. The van der Waals surface area contributed by atoms with E-state index in [1.807, 2.05) is 24.3 Å². The summed E-state index contributed by atoms with van der Waals surface area (Å²) in [6, 6.07) is 8.11.